The molecular formula is C8H15NO4. The molecule has 0 aromatic carbocycles. The second-order valence-electron chi connectivity index (χ2n) is 2.45. The standard InChI is InChI=1S/C8H15NO4/c1-4-13-5-7(10)9-6(2)8(11)12-3/h6H,4-5H2,1-3H3,(H,9,10). The van der Waals surface area contributed by atoms with Gasteiger partial charge in [0.05, 0.1) is 7.11 Å². The van der Waals surface area contributed by atoms with Gasteiger partial charge in [0.2, 0.25) is 5.91 Å². The summed E-state index contributed by atoms with van der Waals surface area (Å²) in [7, 11) is 1.27. The maximum Gasteiger partial charge on any atom is 0.328 e. The number of ether oxygens (including phenoxy) is 2. The van der Waals surface area contributed by atoms with Gasteiger partial charge in [-0.2, -0.15) is 0 Å². The van der Waals surface area contributed by atoms with Crippen molar-refractivity contribution in [3.05, 3.63) is 0 Å². The fourth-order valence-electron chi connectivity index (χ4n) is 0.714. The van der Waals surface area contributed by atoms with Gasteiger partial charge in [-0.1, -0.05) is 0 Å². The number of hydrogen-bond donors (Lipinski definition) is 1. The number of carbonyl (C=O) groups is 2. The smallest absolute Gasteiger partial charge is 0.328 e. The number of esters is 1. The molecule has 0 saturated heterocycles. The summed E-state index contributed by atoms with van der Waals surface area (Å²) in [6.45, 7) is 3.78. The van der Waals surface area contributed by atoms with Gasteiger partial charge in [-0.05, 0) is 13.8 Å². The number of carbonyl (C=O) groups excluding carboxylic acids is 2. The van der Waals surface area contributed by atoms with E-state index in [1.807, 2.05) is 0 Å². The van der Waals surface area contributed by atoms with E-state index < -0.39 is 12.0 Å². The summed E-state index contributed by atoms with van der Waals surface area (Å²) < 4.78 is 9.27. The van der Waals surface area contributed by atoms with Crippen LogP contribution in [0.1, 0.15) is 13.8 Å². The van der Waals surface area contributed by atoms with Crippen LogP contribution in [0.25, 0.3) is 0 Å². The molecule has 0 bridgehead atoms. The van der Waals surface area contributed by atoms with Crippen molar-refractivity contribution in [2.45, 2.75) is 19.9 Å². The number of nitrogens with one attached hydrogen (secondary N) is 1. The molecule has 0 heterocycles. The minimum absolute atomic E-state index is 0.0299. The van der Waals surface area contributed by atoms with Crippen LogP contribution in [-0.4, -0.2) is 38.2 Å². The first-order valence-corrected chi connectivity index (χ1v) is 4.06. The van der Waals surface area contributed by atoms with E-state index in [2.05, 4.69) is 10.1 Å². The van der Waals surface area contributed by atoms with Crippen LogP contribution in [0.3, 0.4) is 0 Å². The van der Waals surface area contributed by atoms with Crippen molar-refractivity contribution in [3.63, 3.8) is 0 Å². The van der Waals surface area contributed by atoms with Crippen LogP contribution >= 0.6 is 0 Å². The zero-order valence-electron chi connectivity index (χ0n) is 8.12. The lowest BCUT2D eigenvalue weighted by molar-refractivity contribution is -0.145. The van der Waals surface area contributed by atoms with E-state index in [4.69, 9.17) is 4.74 Å². The van der Waals surface area contributed by atoms with Crippen molar-refractivity contribution in [1.29, 1.82) is 0 Å². The molecule has 0 aliphatic heterocycles. The van der Waals surface area contributed by atoms with Crippen LogP contribution in [0.4, 0.5) is 0 Å². The van der Waals surface area contributed by atoms with Crippen LogP contribution in [0.15, 0.2) is 0 Å². The molecule has 1 amide bonds. The van der Waals surface area contributed by atoms with Gasteiger partial charge in [0, 0.05) is 6.61 Å². The van der Waals surface area contributed by atoms with E-state index >= 15 is 0 Å². The van der Waals surface area contributed by atoms with Crippen molar-refractivity contribution < 1.29 is 19.1 Å². The third kappa shape index (κ3) is 5.19. The Balaban J connectivity index is 3.71. The third-order valence-corrected chi connectivity index (χ3v) is 1.37. The summed E-state index contributed by atoms with van der Waals surface area (Å²) >= 11 is 0. The quantitative estimate of drug-likeness (QED) is 0.603. The van der Waals surface area contributed by atoms with Crippen LogP contribution in [0.2, 0.25) is 0 Å². The van der Waals surface area contributed by atoms with Gasteiger partial charge in [-0.25, -0.2) is 4.79 Å². The lowest BCUT2D eigenvalue weighted by atomic mass is 10.3. The minimum Gasteiger partial charge on any atom is -0.467 e. The summed E-state index contributed by atoms with van der Waals surface area (Å²) in [4.78, 5) is 21.8. The Kier molecular flexibility index (Phi) is 5.88. The predicted molar refractivity (Wildman–Crippen MR) is 46.1 cm³/mol. The highest BCUT2D eigenvalue weighted by Crippen LogP contribution is 1.86. The molecule has 5 heteroatoms. The molecule has 0 aliphatic rings. The molecule has 0 fully saturated rings. The third-order valence-electron chi connectivity index (χ3n) is 1.37. The van der Waals surface area contributed by atoms with Crippen molar-refractivity contribution in [3.8, 4) is 0 Å². The lowest BCUT2D eigenvalue weighted by Gasteiger charge is -2.10. The van der Waals surface area contributed by atoms with Gasteiger partial charge < -0.3 is 14.8 Å². The Morgan fingerprint density at radius 1 is 1.46 bits per heavy atom. The minimum atomic E-state index is -0.627. The second kappa shape index (κ2) is 6.42. The van der Waals surface area contributed by atoms with Crippen molar-refractivity contribution in [1.82, 2.24) is 5.32 Å². The summed E-state index contributed by atoms with van der Waals surface area (Å²) in [6.07, 6.45) is 0. The highest BCUT2D eigenvalue weighted by Gasteiger charge is 2.14. The average molecular weight is 189 g/mol. The molecule has 0 spiro atoms. The molecule has 5 nitrogen and oxygen atoms in total. The molecule has 76 valence electrons. The van der Waals surface area contributed by atoms with Crippen molar-refractivity contribution in [2.75, 3.05) is 20.3 Å². The largest absolute Gasteiger partial charge is 0.467 e. The number of hydrogen-bond acceptors (Lipinski definition) is 4. The maximum atomic E-state index is 11.0. The molecule has 0 aromatic rings. The highest BCUT2D eigenvalue weighted by atomic mass is 16.5. The Bertz CT molecular complexity index is 181. The zero-order chi connectivity index (χ0) is 10.3. The van der Waals surface area contributed by atoms with Gasteiger partial charge in [0.1, 0.15) is 12.6 Å². The Hall–Kier alpha value is -1.10. The monoisotopic (exact) mass is 189 g/mol. The summed E-state index contributed by atoms with van der Waals surface area (Å²) in [5.41, 5.74) is 0. The molecule has 1 N–H and O–H groups in total. The van der Waals surface area contributed by atoms with Crippen molar-refractivity contribution in [2.24, 2.45) is 0 Å². The van der Waals surface area contributed by atoms with Gasteiger partial charge in [-0.15, -0.1) is 0 Å². The van der Waals surface area contributed by atoms with E-state index in [9.17, 15) is 9.59 Å². The molecule has 0 aliphatic carbocycles. The number of rotatable bonds is 5. The average Bonchev–Trinajstić information content (AvgIpc) is 2.13. The summed E-state index contributed by atoms with van der Waals surface area (Å²) in [5.74, 6) is -0.787. The van der Waals surface area contributed by atoms with Gasteiger partial charge >= 0.3 is 5.97 Å². The molecule has 0 saturated carbocycles. The maximum absolute atomic E-state index is 11.0. The SMILES string of the molecule is CCOCC(=O)NC(C)C(=O)OC. The van der Waals surface area contributed by atoms with Crippen LogP contribution < -0.4 is 5.32 Å². The van der Waals surface area contributed by atoms with E-state index in [0.717, 1.165) is 0 Å². The molecule has 1 atom stereocenters. The Morgan fingerprint density at radius 3 is 2.54 bits per heavy atom. The van der Waals surface area contributed by atoms with E-state index in [0.29, 0.717) is 6.61 Å². The lowest BCUT2D eigenvalue weighted by Crippen LogP contribution is -2.40. The van der Waals surface area contributed by atoms with Gasteiger partial charge in [0.25, 0.3) is 0 Å². The highest BCUT2D eigenvalue weighted by molar-refractivity contribution is 5.84. The number of amides is 1. The summed E-state index contributed by atoms with van der Waals surface area (Å²) in [5, 5.41) is 2.43. The molecule has 0 aromatic heterocycles. The predicted octanol–water partition coefficient (Wildman–Crippen LogP) is -0.299. The Labute approximate surface area is 77.4 Å². The Morgan fingerprint density at radius 2 is 2.08 bits per heavy atom. The second-order valence-corrected chi connectivity index (χ2v) is 2.45. The molecule has 0 radical (unpaired) electrons. The van der Waals surface area contributed by atoms with Crippen LogP contribution in [-0.2, 0) is 19.1 Å². The van der Waals surface area contributed by atoms with E-state index in [1.165, 1.54) is 7.11 Å². The fraction of sp³-hybridized carbons (Fsp3) is 0.750. The van der Waals surface area contributed by atoms with Gasteiger partial charge in [0.15, 0.2) is 0 Å². The first kappa shape index (κ1) is 11.9. The summed E-state index contributed by atoms with van der Waals surface area (Å²) in [6, 6.07) is -0.627. The van der Waals surface area contributed by atoms with Gasteiger partial charge in [-0.3, -0.25) is 4.79 Å². The zero-order valence-corrected chi connectivity index (χ0v) is 8.12. The van der Waals surface area contributed by atoms with Crippen molar-refractivity contribution >= 4 is 11.9 Å². The normalized spacial score (nSPS) is 11.9. The molecule has 13 heavy (non-hydrogen) atoms. The van der Waals surface area contributed by atoms with E-state index in [-0.39, 0.29) is 12.5 Å². The van der Waals surface area contributed by atoms with E-state index in [1.54, 1.807) is 13.8 Å². The van der Waals surface area contributed by atoms with Crippen LogP contribution in [0.5, 0.6) is 0 Å². The molecule has 0 rings (SSSR count). The fourth-order valence-corrected chi connectivity index (χ4v) is 0.714. The molecule has 1 unspecified atom stereocenters. The van der Waals surface area contributed by atoms with Crippen LogP contribution in [0, 0.1) is 0 Å². The topological polar surface area (TPSA) is 64.6 Å². The first-order chi connectivity index (χ1) is 6.11. The first-order valence-electron chi connectivity index (χ1n) is 4.06. The number of methoxy groups -OCH3 is 1. The molecular weight excluding hydrogens is 174 g/mol.